The van der Waals surface area contributed by atoms with Gasteiger partial charge in [0.1, 0.15) is 0 Å². The molecule has 2 rings (SSSR count). The molecule has 21 heavy (non-hydrogen) atoms. The predicted octanol–water partition coefficient (Wildman–Crippen LogP) is 4.27. The second kappa shape index (κ2) is 6.18. The molecule has 1 atom stereocenters. The predicted molar refractivity (Wildman–Crippen MR) is 89.5 cm³/mol. The summed E-state index contributed by atoms with van der Waals surface area (Å²) in [4.78, 5) is 6.72. The third kappa shape index (κ3) is 3.65. The Morgan fingerprint density at radius 3 is 2.71 bits per heavy atom. The maximum absolute atomic E-state index is 6.03. The Morgan fingerprint density at radius 1 is 1.38 bits per heavy atom. The number of rotatable bonds is 3. The fourth-order valence-electron chi connectivity index (χ4n) is 2.70. The van der Waals surface area contributed by atoms with Gasteiger partial charge in [-0.3, -0.25) is 0 Å². The van der Waals surface area contributed by atoms with E-state index < -0.39 is 0 Å². The molecular formula is C18H28N2O. The summed E-state index contributed by atoms with van der Waals surface area (Å²) in [5.74, 6) is 0. The third-order valence-corrected chi connectivity index (χ3v) is 4.08. The van der Waals surface area contributed by atoms with E-state index >= 15 is 0 Å². The summed E-state index contributed by atoms with van der Waals surface area (Å²) < 4.78 is 6.03. The average molecular weight is 288 g/mol. The molecule has 0 bridgehead atoms. The largest absolute Gasteiger partial charge is 0.373 e. The molecule has 0 N–H and O–H groups in total. The first-order valence-electron chi connectivity index (χ1n) is 7.82. The summed E-state index contributed by atoms with van der Waals surface area (Å²) in [5, 5.41) is 0. The molecule has 0 fully saturated rings. The van der Waals surface area contributed by atoms with Crippen LogP contribution in [0.4, 0.5) is 5.69 Å². The second-order valence-corrected chi connectivity index (χ2v) is 7.02. The first-order valence-corrected chi connectivity index (χ1v) is 7.82. The van der Waals surface area contributed by atoms with Gasteiger partial charge in [-0.1, -0.05) is 26.8 Å². The number of hydrogen-bond acceptors (Lipinski definition) is 2. The number of nitrogens with zero attached hydrogens (tertiary/aromatic N) is 2. The number of aryl methyl sites for hydroxylation is 1. The Hall–Kier alpha value is -1.35. The lowest BCUT2D eigenvalue weighted by Crippen LogP contribution is -2.27. The standard InChI is InChI=1S/C18H28N2O/c1-7-20(6)12-19-16-11-14-8-9-21-17(18(3,4)5)15(14)10-13(16)2/h10-12,17H,7-9H2,1-6H3. The number of hydrogen-bond donors (Lipinski definition) is 0. The minimum Gasteiger partial charge on any atom is -0.373 e. The van der Waals surface area contributed by atoms with E-state index in [9.17, 15) is 0 Å². The van der Waals surface area contributed by atoms with E-state index in [2.05, 4.69) is 56.6 Å². The van der Waals surface area contributed by atoms with Crippen LogP contribution < -0.4 is 0 Å². The highest BCUT2D eigenvalue weighted by Crippen LogP contribution is 2.42. The van der Waals surface area contributed by atoms with E-state index in [1.54, 1.807) is 0 Å². The lowest BCUT2D eigenvalue weighted by molar-refractivity contribution is -0.0285. The molecule has 0 amide bonds. The van der Waals surface area contributed by atoms with Gasteiger partial charge < -0.3 is 9.64 Å². The molecule has 1 aliphatic heterocycles. The minimum atomic E-state index is 0.120. The van der Waals surface area contributed by atoms with Crippen LogP contribution in [0.25, 0.3) is 0 Å². The van der Waals surface area contributed by atoms with E-state index in [0.717, 1.165) is 25.3 Å². The smallest absolute Gasteiger partial charge is 0.0909 e. The molecule has 1 aliphatic rings. The van der Waals surface area contributed by atoms with Crippen molar-refractivity contribution in [1.29, 1.82) is 0 Å². The van der Waals surface area contributed by atoms with Crippen LogP contribution in [0, 0.1) is 12.3 Å². The fraction of sp³-hybridized carbons (Fsp3) is 0.611. The van der Waals surface area contributed by atoms with Crippen molar-refractivity contribution in [1.82, 2.24) is 4.90 Å². The van der Waals surface area contributed by atoms with Crippen molar-refractivity contribution in [2.45, 2.75) is 47.1 Å². The molecule has 1 aromatic carbocycles. The summed E-state index contributed by atoms with van der Waals surface area (Å²) >= 11 is 0. The first kappa shape index (κ1) is 16.0. The Labute approximate surface area is 129 Å². The molecular weight excluding hydrogens is 260 g/mol. The minimum absolute atomic E-state index is 0.120. The van der Waals surface area contributed by atoms with Gasteiger partial charge in [0.05, 0.1) is 24.7 Å². The maximum atomic E-state index is 6.03. The van der Waals surface area contributed by atoms with Gasteiger partial charge in [-0.25, -0.2) is 4.99 Å². The molecule has 0 radical (unpaired) electrons. The summed E-state index contributed by atoms with van der Waals surface area (Å²) in [6.07, 6.45) is 3.07. The molecule has 0 aliphatic carbocycles. The lowest BCUT2D eigenvalue weighted by atomic mass is 9.80. The molecule has 0 aromatic heterocycles. The number of fused-ring (bicyclic) bond motifs is 1. The van der Waals surface area contributed by atoms with Crippen LogP contribution in [0.1, 0.15) is 50.5 Å². The van der Waals surface area contributed by atoms with Crippen LogP contribution in [0.5, 0.6) is 0 Å². The number of benzene rings is 1. The van der Waals surface area contributed by atoms with Crippen molar-refractivity contribution in [2.24, 2.45) is 10.4 Å². The third-order valence-electron chi connectivity index (χ3n) is 4.08. The summed E-state index contributed by atoms with van der Waals surface area (Å²) in [5.41, 5.74) is 5.14. The topological polar surface area (TPSA) is 24.8 Å². The zero-order valence-corrected chi connectivity index (χ0v) is 14.2. The SMILES string of the molecule is CCN(C)C=Nc1cc2c(cc1C)C(C(C)(C)C)OCC2. The van der Waals surface area contributed by atoms with Gasteiger partial charge in [-0.05, 0) is 48.4 Å². The fourth-order valence-corrected chi connectivity index (χ4v) is 2.70. The van der Waals surface area contributed by atoms with Crippen LogP contribution in [0.3, 0.4) is 0 Å². The van der Waals surface area contributed by atoms with Gasteiger partial charge in [-0.2, -0.15) is 0 Å². The van der Waals surface area contributed by atoms with Crippen molar-refractivity contribution < 1.29 is 4.74 Å². The highest BCUT2D eigenvalue weighted by atomic mass is 16.5. The molecule has 0 spiro atoms. The monoisotopic (exact) mass is 288 g/mol. The molecule has 1 heterocycles. The average Bonchev–Trinajstić information content (AvgIpc) is 2.42. The molecule has 116 valence electrons. The Kier molecular flexibility index (Phi) is 4.72. The second-order valence-electron chi connectivity index (χ2n) is 7.02. The Bertz CT molecular complexity index is 529. The lowest BCUT2D eigenvalue weighted by Gasteiger charge is -2.36. The number of aliphatic imine (C=N–C) groups is 1. The van der Waals surface area contributed by atoms with Crippen molar-refractivity contribution in [3.63, 3.8) is 0 Å². The van der Waals surface area contributed by atoms with Gasteiger partial charge in [0.15, 0.2) is 0 Å². The highest BCUT2D eigenvalue weighted by Gasteiger charge is 2.31. The summed E-state index contributed by atoms with van der Waals surface area (Å²) in [6.45, 7) is 12.7. The summed E-state index contributed by atoms with van der Waals surface area (Å²) in [6, 6.07) is 4.51. The molecule has 1 aromatic rings. The first-order chi connectivity index (χ1) is 9.82. The van der Waals surface area contributed by atoms with E-state index in [4.69, 9.17) is 4.74 Å². The van der Waals surface area contributed by atoms with Crippen molar-refractivity contribution in [3.8, 4) is 0 Å². The van der Waals surface area contributed by atoms with E-state index in [1.807, 2.05) is 13.4 Å². The molecule has 3 heteroatoms. The Balaban J connectivity index is 2.37. The van der Waals surface area contributed by atoms with Crippen LogP contribution in [-0.4, -0.2) is 31.4 Å². The quantitative estimate of drug-likeness (QED) is 0.613. The maximum Gasteiger partial charge on any atom is 0.0909 e. The Morgan fingerprint density at radius 2 is 2.10 bits per heavy atom. The highest BCUT2D eigenvalue weighted by molar-refractivity contribution is 5.64. The van der Waals surface area contributed by atoms with Crippen LogP contribution in [0.2, 0.25) is 0 Å². The molecule has 0 saturated carbocycles. The van der Waals surface area contributed by atoms with Gasteiger partial charge in [0.25, 0.3) is 0 Å². The van der Waals surface area contributed by atoms with Gasteiger partial charge >= 0.3 is 0 Å². The van der Waals surface area contributed by atoms with Crippen LogP contribution in [-0.2, 0) is 11.2 Å². The molecule has 0 saturated heterocycles. The normalized spacial score (nSPS) is 18.9. The zero-order chi connectivity index (χ0) is 15.6. The van der Waals surface area contributed by atoms with Crippen molar-refractivity contribution >= 4 is 12.0 Å². The van der Waals surface area contributed by atoms with Crippen LogP contribution >= 0.6 is 0 Å². The number of ether oxygens (including phenoxy) is 1. The van der Waals surface area contributed by atoms with Gasteiger partial charge in [0.2, 0.25) is 0 Å². The summed E-state index contributed by atoms with van der Waals surface area (Å²) in [7, 11) is 2.04. The van der Waals surface area contributed by atoms with E-state index in [-0.39, 0.29) is 11.5 Å². The van der Waals surface area contributed by atoms with E-state index in [0.29, 0.717) is 0 Å². The van der Waals surface area contributed by atoms with Crippen molar-refractivity contribution in [2.75, 3.05) is 20.2 Å². The molecule has 3 nitrogen and oxygen atoms in total. The zero-order valence-electron chi connectivity index (χ0n) is 14.2. The van der Waals surface area contributed by atoms with Gasteiger partial charge in [-0.15, -0.1) is 0 Å². The van der Waals surface area contributed by atoms with E-state index in [1.165, 1.54) is 16.7 Å². The van der Waals surface area contributed by atoms with Crippen LogP contribution in [0.15, 0.2) is 17.1 Å². The molecule has 1 unspecified atom stereocenters. The van der Waals surface area contributed by atoms with Gasteiger partial charge in [0, 0.05) is 13.6 Å². The van der Waals surface area contributed by atoms with Crippen molar-refractivity contribution in [3.05, 3.63) is 28.8 Å².